The Labute approximate surface area is 234 Å². The lowest BCUT2D eigenvalue weighted by atomic mass is 9.90. The van der Waals surface area contributed by atoms with Gasteiger partial charge in [0.15, 0.2) is 0 Å². The number of hydrogen-bond donors (Lipinski definition) is 0. The van der Waals surface area contributed by atoms with E-state index in [0.717, 1.165) is 53.3 Å². The fourth-order valence-corrected chi connectivity index (χ4v) is 4.57. The van der Waals surface area contributed by atoms with Crippen LogP contribution in [0, 0.1) is 0 Å². The molecule has 1 heterocycles. The molecule has 0 spiro atoms. The third-order valence-electron chi connectivity index (χ3n) is 5.82. The lowest BCUT2D eigenvalue weighted by Crippen LogP contribution is -2.24. The van der Waals surface area contributed by atoms with Crippen molar-refractivity contribution in [3.8, 4) is 0 Å². The fraction of sp³-hybridized carbons (Fsp3) is 0.231. The quantitative estimate of drug-likeness (QED) is 0.216. The number of benzene rings is 2. The molecule has 0 aliphatic rings. The molecule has 0 saturated heterocycles. The Hall–Kier alpha value is -4.72. The summed E-state index contributed by atoms with van der Waals surface area (Å²) < 4.78 is 30.8. The Morgan fingerprint density at radius 2 is 1.18 bits per heavy atom. The van der Waals surface area contributed by atoms with Crippen LogP contribution in [0.2, 0.25) is 0 Å². The predicted octanol–water partition coefficient (Wildman–Crippen LogP) is 2.89. The number of nitrogens with zero attached hydrogens (tertiary/aromatic N) is 1. The van der Waals surface area contributed by atoms with Gasteiger partial charge < -0.3 is 33.0 Å². The van der Waals surface area contributed by atoms with Crippen molar-refractivity contribution in [3.63, 3.8) is 0 Å². The van der Waals surface area contributed by atoms with Crippen molar-refractivity contribution in [2.24, 2.45) is 0 Å². The first-order valence-corrected chi connectivity index (χ1v) is 11.9. The highest BCUT2D eigenvalue weighted by atomic mass is 79.9. The molecule has 0 aliphatic carbocycles. The second-order valence-corrected chi connectivity index (χ2v) is 8.65. The summed E-state index contributed by atoms with van der Waals surface area (Å²) in [5.41, 5.74) is -3.03. The maximum Gasteiger partial charge on any atom is 0.355 e. The number of ether oxygens (including phenoxy) is 6. The number of carbonyl (C=O) groups is 6. The highest BCUT2D eigenvalue weighted by molar-refractivity contribution is 9.10. The Balaban J connectivity index is 2.95. The molecule has 0 aliphatic heterocycles. The minimum absolute atomic E-state index is 0.115. The first-order valence-electron chi connectivity index (χ1n) is 11.1. The third-order valence-corrected chi connectivity index (χ3v) is 6.31. The van der Waals surface area contributed by atoms with Crippen molar-refractivity contribution in [2.75, 3.05) is 42.7 Å². The number of aromatic nitrogens is 1. The van der Waals surface area contributed by atoms with Crippen LogP contribution in [-0.4, -0.2) is 83.0 Å². The van der Waals surface area contributed by atoms with Gasteiger partial charge in [-0.05, 0) is 18.2 Å². The minimum Gasteiger partial charge on any atom is -0.466 e. The summed E-state index contributed by atoms with van der Waals surface area (Å²) in [5, 5.41) is 0.0763. The SMILES string of the molecule is COC(=O)/C=C(/C(=O)OC)n1c2ccc(Br)cc2c2c(C(=O)OC)c(C(=O)OC)c(C(=O)OC)c(C(=O)OC)c21. The van der Waals surface area contributed by atoms with E-state index in [0.29, 0.717) is 4.47 Å². The minimum atomic E-state index is -1.22. The Bertz CT molecular complexity index is 1630. The Kier molecular flexibility index (Phi) is 8.94. The number of fused-ring (bicyclic) bond motifs is 3. The third kappa shape index (κ3) is 4.88. The molecule has 14 heteroatoms. The molecule has 0 bridgehead atoms. The monoisotopic (exact) mass is 619 g/mol. The molecule has 210 valence electrons. The zero-order valence-electron chi connectivity index (χ0n) is 22.0. The molecule has 3 aromatic rings. The van der Waals surface area contributed by atoms with Crippen molar-refractivity contribution in [2.45, 2.75) is 0 Å². The molecule has 0 saturated carbocycles. The molecule has 13 nitrogen and oxygen atoms in total. The largest absolute Gasteiger partial charge is 0.466 e. The number of esters is 6. The van der Waals surface area contributed by atoms with Gasteiger partial charge in [0.1, 0.15) is 5.70 Å². The van der Waals surface area contributed by atoms with Crippen LogP contribution in [0.1, 0.15) is 41.4 Å². The first-order chi connectivity index (χ1) is 19.0. The van der Waals surface area contributed by atoms with E-state index in [1.807, 2.05) is 0 Å². The van der Waals surface area contributed by atoms with E-state index < -0.39 is 63.8 Å². The molecule has 40 heavy (non-hydrogen) atoms. The van der Waals surface area contributed by atoms with E-state index in [4.69, 9.17) is 28.4 Å². The van der Waals surface area contributed by atoms with Crippen molar-refractivity contribution in [1.82, 2.24) is 4.57 Å². The van der Waals surface area contributed by atoms with Gasteiger partial charge in [0.05, 0.1) is 82.0 Å². The van der Waals surface area contributed by atoms with Crippen LogP contribution in [0.3, 0.4) is 0 Å². The molecule has 2 aromatic carbocycles. The van der Waals surface area contributed by atoms with Crippen LogP contribution in [0.25, 0.3) is 27.5 Å². The second-order valence-electron chi connectivity index (χ2n) is 7.73. The Morgan fingerprint density at radius 3 is 1.68 bits per heavy atom. The van der Waals surface area contributed by atoms with Crippen LogP contribution in [0.5, 0.6) is 0 Å². The zero-order chi connectivity index (χ0) is 29.9. The summed E-state index contributed by atoms with van der Waals surface area (Å²) in [6.45, 7) is 0. The standard InChI is InChI=1S/C26H22BrNO12/c1-35-15(29)10-14(22(30)36-2)28-13-8-7-11(27)9-12(13)16-17(23(31)37-3)18(24(32)38-4)19(25(33)39-5)20(21(16)28)26(34)40-6/h7-10H,1-6H3/b14-10-. The zero-order valence-corrected chi connectivity index (χ0v) is 23.6. The molecular weight excluding hydrogens is 598 g/mol. The van der Waals surface area contributed by atoms with Gasteiger partial charge in [-0.1, -0.05) is 15.9 Å². The molecule has 0 N–H and O–H groups in total. The first kappa shape index (κ1) is 29.8. The van der Waals surface area contributed by atoms with Crippen molar-refractivity contribution < 1.29 is 57.2 Å². The molecular formula is C26H22BrNO12. The van der Waals surface area contributed by atoms with E-state index >= 15 is 0 Å². The van der Waals surface area contributed by atoms with Gasteiger partial charge in [-0.15, -0.1) is 0 Å². The smallest absolute Gasteiger partial charge is 0.355 e. The normalized spacial score (nSPS) is 11.1. The van der Waals surface area contributed by atoms with Gasteiger partial charge >= 0.3 is 35.8 Å². The maximum atomic E-state index is 13.4. The van der Waals surface area contributed by atoms with Crippen molar-refractivity contribution in [3.05, 3.63) is 51.0 Å². The highest BCUT2D eigenvalue weighted by Gasteiger charge is 2.39. The van der Waals surface area contributed by atoms with Gasteiger partial charge in [-0.3, -0.25) is 0 Å². The lowest BCUT2D eigenvalue weighted by molar-refractivity contribution is -0.137. The number of hydrogen-bond acceptors (Lipinski definition) is 12. The summed E-state index contributed by atoms with van der Waals surface area (Å²) in [6.07, 6.45) is 0.789. The molecule has 1 aromatic heterocycles. The molecule has 0 unspecified atom stereocenters. The van der Waals surface area contributed by atoms with Gasteiger partial charge in [-0.25, -0.2) is 28.8 Å². The van der Waals surface area contributed by atoms with Gasteiger partial charge in [0.25, 0.3) is 0 Å². The van der Waals surface area contributed by atoms with Gasteiger partial charge in [-0.2, -0.15) is 0 Å². The molecule has 0 atom stereocenters. The maximum absolute atomic E-state index is 13.4. The van der Waals surface area contributed by atoms with Gasteiger partial charge in [0, 0.05) is 15.2 Å². The number of rotatable bonds is 7. The average Bonchev–Trinajstić information content (AvgIpc) is 3.29. The molecule has 0 amide bonds. The van der Waals surface area contributed by atoms with Crippen molar-refractivity contribution >= 4 is 79.2 Å². The van der Waals surface area contributed by atoms with Crippen molar-refractivity contribution in [1.29, 1.82) is 0 Å². The predicted molar refractivity (Wildman–Crippen MR) is 141 cm³/mol. The highest BCUT2D eigenvalue weighted by Crippen LogP contribution is 2.42. The van der Waals surface area contributed by atoms with E-state index in [1.54, 1.807) is 6.07 Å². The summed E-state index contributed by atoms with van der Waals surface area (Å²) >= 11 is 3.35. The summed E-state index contributed by atoms with van der Waals surface area (Å²) in [7, 11) is 6.15. The van der Waals surface area contributed by atoms with Gasteiger partial charge in [0.2, 0.25) is 0 Å². The van der Waals surface area contributed by atoms with Crippen LogP contribution >= 0.6 is 15.9 Å². The van der Waals surface area contributed by atoms with E-state index in [2.05, 4.69) is 15.9 Å². The summed E-state index contributed by atoms with van der Waals surface area (Å²) in [6, 6.07) is 4.58. The number of methoxy groups -OCH3 is 6. The summed E-state index contributed by atoms with van der Waals surface area (Å²) in [5.74, 6) is -6.68. The molecule has 0 fully saturated rings. The number of carbonyl (C=O) groups excluding carboxylic acids is 6. The molecule has 3 rings (SSSR count). The lowest BCUT2D eigenvalue weighted by Gasteiger charge is -2.18. The summed E-state index contributed by atoms with van der Waals surface area (Å²) in [4.78, 5) is 78.4. The topological polar surface area (TPSA) is 163 Å². The van der Waals surface area contributed by atoms with Crippen LogP contribution < -0.4 is 0 Å². The second kappa shape index (κ2) is 12.0. The fourth-order valence-electron chi connectivity index (χ4n) is 4.21. The van der Waals surface area contributed by atoms with E-state index in [1.165, 1.54) is 12.1 Å². The van der Waals surface area contributed by atoms with Crippen LogP contribution in [0.4, 0.5) is 0 Å². The van der Waals surface area contributed by atoms with Crippen LogP contribution in [-0.2, 0) is 38.0 Å². The Morgan fingerprint density at radius 1 is 0.675 bits per heavy atom. The van der Waals surface area contributed by atoms with Crippen LogP contribution in [0.15, 0.2) is 28.7 Å². The van der Waals surface area contributed by atoms with E-state index in [-0.39, 0.29) is 21.8 Å². The molecule has 0 radical (unpaired) electrons. The average molecular weight is 620 g/mol. The number of halogens is 1. The van der Waals surface area contributed by atoms with E-state index in [9.17, 15) is 28.8 Å².